The molecule has 0 spiro atoms. The van der Waals surface area contributed by atoms with E-state index in [0.29, 0.717) is 30.4 Å². The van der Waals surface area contributed by atoms with Gasteiger partial charge in [-0.3, -0.25) is 9.62 Å². The van der Waals surface area contributed by atoms with Crippen molar-refractivity contribution in [3.05, 3.63) is 78.0 Å². The lowest BCUT2D eigenvalue weighted by Gasteiger charge is -2.38. The third-order valence-corrected chi connectivity index (χ3v) is 7.37. The second kappa shape index (κ2) is 16.6. The number of sulfonamides is 1. The van der Waals surface area contributed by atoms with Gasteiger partial charge in [-0.2, -0.15) is 0 Å². The molecule has 1 aliphatic rings. The first-order valence-electron chi connectivity index (χ1n) is 13.6. The standard InChI is InChI=1S/C29H35F2N5O4S.2ClH/c1-3-4-15-36(29(37)33-27-11-6-22(30)18-26(27)31)24-13-16-35(17-14-24)20-21-5-12-28(32-19-21)40-25-9-7-23(8-10-25)34-41(2,38)39;;/h5-12,18-19,24,34H,3-4,13-17,20H2,1-2H3,(H,33,37);2*1H. The number of unbranched alkanes of at least 4 members (excludes halogenated alkanes) is 1. The molecule has 0 saturated carbocycles. The molecule has 0 aliphatic carbocycles. The van der Waals surface area contributed by atoms with Crippen molar-refractivity contribution in [3.8, 4) is 11.6 Å². The van der Waals surface area contributed by atoms with E-state index in [9.17, 15) is 22.0 Å². The van der Waals surface area contributed by atoms with Gasteiger partial charge in [0.25, 0.3) is 0 Å². The molecule has 1 aromatic heterocycles. The van der Waals surface area contributed by atoms with E-state index in [4.69, 9.17) is 4.74 Å². The van der Waals surface area contributed by atoms with Crippen LogP contribution in [0.1, 0.15) is 38.2 Å². The number of piperidine rings is 1. The molecule has 2 aromatic carbocycles. The van der Waals surface area contributed by atoms with Crippen LogP contribution in [-0.2, 0) is 16.6 Å². The highest BCUT2D eigenvalue weighted by Crippen LogP contribution is 2.24. The minimum atomic E-state index is -3.35. The summed E-state index contributed by atoms with van der Waals surface area (Å²) in [5.41, 5.74) is 1.44. The zero-order valence-electron chi connectivity index (χ0n) is 24.0. The number of carbonyl (C=O) groups excluding carboxylic acids is 1. The lowest BCUT2D eigenvalue weighted by atomic mass is 10.0. The van der Waals surface area contributed by atoms with E-state index in [1.807, 2.05) is 6.07 Å². The van der Waals surface area contributed by atoms with Gasteiger partial charge in [0.05, 0.1) is 11.9 Å². The topological polar surface area (TPSA) is 104 Å². The molecule has 2 amide bonds. The largest absolute Gasteiger partial charge is 0.439 e. The second-order valence-corrected chi connectivity index (χ2v) is 11.9. The molecule has 0 unspecified atom stereocenters. The highest BCUT2D eigenvalue weighted by molar-refractivity contribution is 7.92. The number of nitrogens with one attached hydrogen (secondary N) is 2. The molecule has 236 valence electrons. The number of anilines is 2. The number of hydrogen-bond acceptors (Lipinski definition) is 6. The Bertz CT molecular complexity index is 1430. The van der Waals surface area contributed by atoms with Crippen LogP contribution in [0, 0.1) is 11.6 Å². The van der Waals surface area contributed by atoms with Gasteiger partial charge in [0.2, 0.25) is 15.9 Å². The minimum absolute atomic E-state index is 0. The van der Waals surface area contributed by atoms with Crippen LogP contribution < -0.4 is 14.8 Å². The zero-order chi connectivity index (χ0) is 29.4. The Morgan fingerprint density at radius 1 is 1.07 bits per heavy atom. The van der Waals surface area contributed by atoms with Gasteiger partial charge in [0.1, 0.15) is 17.4 Å². The highest BCUT2D eigenvalue weighted by Gasteiger charge is 2.28. The maximum Gasteiger partial charge on any atom is 0.322 e. The Morgan fingerprint density at radius 3 is 2.35 bits per heavy atom. The van der Waals surface area contributed by atoms with E-state index in [1.54, 1.807) is 41.4 Å². The third kappa shape index (κ3) is 11.1. The van der Waals surface area contributed by atoms with Crippen LogP contribution >= 0.6 is 24.8 Å². The van der Waals surface area contributed by atoms with Gasteiger partial charge in [-0.1, -0.05) is 19.4 Å². The van der Waals surface area contributed by atoms with Crippen molar-refractivity contribution >= 4 is 52.2 Å². The molecule has 1 fully saturated rings. The summed E-state index contributed by atoms with van der Waals surface area (Å²) in [6.45, 7) is 4.90. The number of halogens is 4. The first kappa shape index (κ1) is 36.0. The quantitative estimate of drug-likeness (QED) is 0.238. The van der Waals surface area contributed by atoms with Crippen LogP contribution in [0.2, 0.25) is 0 Å². The Morgan fingerprint density at radius 2 is 1.77 bits per heavy atom. The predicted molar refractivity (Wildman–Crippen MR) is 169 cm³/mol. The Kier molecular flexibility index (Phi) is 13.9. The molecule has 14 heteroatoms. The number of pyridine rings is 1. The summed E-state index contributed by atoms with van der Waals surface area (Å²) in [5, 5.41) is 2.61. The maximum absolute atomic E-state index is 14.1. The molecule has 3 aromatic rings. The van der Waals surface area contributed by atoms with E-state index in [-0.39, 0.29) is 42.6 Å². The maximum atomic E-state index is 14.1. The van der Waals surface area contributed by atoms with Crippen molar-refractivity contribution in [3.63, 3.8) is 0 Å². The Labute approximate surface area is 263 Å². The molecule has 2 heterocycles. The molecular weight excluding hydrogens is 623 g/mol. The molecule has 1 saturated heterocycles. The lowest BCUT2D eigenvalue weighted by Crippen LogP contribution is -2.49. The van der Waals surface area contributed by atoms with Gasteiger partial charge < -0.3 is 15.0 Å². The van der Waals surface area contributed by atoms with Gasteiger partial charge in [-0.25, -0.2) is 27.0 Å². The Hall–Kier alpha value is -3.19. The number of benzene rings is 2. The molecular formula is C29H37Cl2F2N5O4S. The summed E-state index contributed by atoms with van der Waals surface area (Å²) < 4.78 is 58.2. The number of nitrogens with zero attached hydrogens (tertiary/aromatic N) is 3. The van der Waals surface area contributed by atoms with Gasteiger partial charge in [-0.15, -0.1) is 24.8 Å². The molecule has 0 atom stereocenters. The molecule has 2 N–H and O–H groups in total. The normalized spacial score (nSPS) is 13.8. The number of rotatable bonds is 11. The molecule has 4 rings (SSSR count). The summed E-state index contributed by atoms with van der Waals surface area (Å²) in [5.74, 6) is -0.533. The number of ether oxygens (including phenoxy) is 1. The fourth-order valence-electron chi connectivity index (χ4n) is 4.69. The first-order chi connectivity index (χ1) is 19.6. The van der Waals surface area contributed by atoms with Crippen LogP contribution in [0.4, 0.5) is 25.0 Å². The Balaban J connectivity index is 0.00000323. The summed E-state index contributed by atoms with van der Waals surface area (Å²) in [4.78, 5) is 21.5. The average molecular weight is 661 g/mol. The highest BCUT2D eigenvalue weighted by atomic mass is 35.5. The van der Waals surface area contributed by atoms with Crippen molar-refractivity contribution in [2.24, 2.45) is 0 Å². The van der Waals surface area contributed by atoms with E-state index in [1.165, 1.54) is 6.07 Å². The van der Waals surface area contributed by atoms with Crippen LogP contribution in [0.25, 0.3) is 0 Å². The van der Waals surface area contributed by atoms with Crippen molar-refractivity contribution in [2.75, 3.05) is 35.9 Å². The van der Waals surface area contributed by atoms with Crippen LogP contribution in [0.15, 0.2) is 60.8 Å². The van der Waals surface area contributed by atoms with E-state index in [2.05, 4.69) is 26.8 Å². The predicted octanol–water partition coefficient (Wildman–Crippen LogP) is 6.67. The van der Waals surface area contributed by atoms with Crippen molar-refractivity contribution in [1.29, 1.82) is 0 Å². The van der Waals surface area contributed by atoms with Crippen molar-refractivity contribution in [2.45, 2.75) is 45.2 Å². The monoisotopic (exact) mass is 659 g/mol. The van der Waals surface area contributed by atoms with Gasteiger partial charge in [-0.05, 0) is 61.2 Å². The SMILES string of the molecule is CCCCN(C(=O)Nc1ccc(F)cc1F)C1CCN(Cc2ccc(Oc3ccc(NS(C)(=O)=O)cc3)nc2)CC1.Cl.Cl. The smallest absolute Gasteiger partial charge is 0.322 e. The van der Waals surface area contributed by atoms with E-state index >= 15 is 0 Å². The lowest BCUT2D eigenvalue weighted by molar-refractivity contribution is 0.122. The number of urea groups is 1. The van der Waals surface area contributed by atoms with Crippen LogP contribution in [-0.4, -0.2) is 61.2 Å². The summed E-state index contributed by atoms with van der Waals surface area (Å²) in [7, 11) is -3.35. The minimum Gasteiger partial charge on any atom is -0.439 e. The van der Waals surface area contributed by atoms with Crippen molar-refractivity contribution in [1.82, 2.24) is 14.8 Å². The van der Waals surface area contributed by atoms with E-state index < -0.39 is 21.7 Å². The van der Waals surface area contributed by atoms with Crippen molar-refractivity contribution < 1.29 is 26.7 Å². The fourth-order valence-corrected chi connectivity index (χ4v) is 5.26. The van der Waals surface area contributed by atoms with Crippen LogP contribution in [0.5, 0.6) is 11.6 Å². The number of carbonyl (C=O) groups is 1. The van der Waals surface area contributed by atoms with Crippen LogP contribution in [0.3, 0.4) is 0 Å². The molecule has 1 aliphatic heterocycles. The number of amides is 2. The van der Waals surface area contributed by atoms with Gasteiger partial charge >= 0.3 is 6.03 Å². The summed E-state index contributed by atoms with van der Waals surface area (Å²) in [6.07, 6.45) is 6.17. The number of likely N-dealkylation sites (tertiary alicyclic amines) is 1. The molecule has 0 bridgehead atoms. The molecule has 0 radical (unpaired) electrons. The fraction of sp³-hybridized carbons (Fsp3) is 0.379. The third-order valence-electron chi connectivity index (χ3n) is 6.77. The average Bonchev–Trinajstić information content (AvgIpc) is 2.93. The van der Waals surface area contributed by atoms with E-state index in [0.717, 1.165) is 62.7 Å². The number of hydrogen-bond donors (Lipinski definition) is 2. The summed E-state index contributed by atoms with van der Waals surface area (Å²) >= 11 is 0. The molecule has 9 nitrogen and oxygen atoms in total. The molecule has 43 heavy (non-hydrogen) atoms. The first-order valence-corrected chi connectivity index (χ1v) is 15.4. The zero-order valence-corrected chi connectivity index (χ0v) is 26.4. The van der Waals surface area contributed by atoms with Gasteiger partial charge in [0, 0.05) is 56.2 Å². The number of aromatic nitrogens is 1. The summed E-state index contributed by atoms with van der Waals surface area (Å²) in [6, 6.07) is 13.1. The second-order valence-electron chi connectivity index (χ2n) is 10.1. The van der Waals surface area contributed by atoms with Gasteiger partial charge in [0.15, 0.2) is 0 Å².